The average molecular weight is 286 g/mol. The van der Waals surface area contributed by atoms with Crippen molar-refractivity contribution in [3.63, 3.8) is 0 Å². The number of halogens is 3. The SMILES string of the molecule is CCCC1(N)CN(C(=O)c2ccccc2C(F)(F)F)C1. The van der Waals surface area contributed by atoms with E-state index in [9.17, 15) is 18.0 Å². The molecular formula is C14H17F3N2O. The molecule has 6 heteroatoms. The number of rotatable bonds is 3. The lowest BCUT2D eigenvalue weighted by atomic mass is 9.85. The van der Waals surface area contributed by atoms with Gasteiger partial charge >= 0.3 is 6.18 Å². The minimum absolute atomic E-state index is 0.307. The highest BCUT2D eigenvalue weighted by atomic mass is 19.4. The third-order valence-electron chi connectivity index (χ3n) is 3.51. The van der Waals surface area contributed by atoms with Crippen LogP contribution in [0.25, 0.3) is 0 Å². The van der Waals surface area contributed by atoms with E-state index in [1.54, 1.807) is 0 Å². The number of carbonyl (C=O) groups excluding carboxylic acids is 1. The topological polar surface area (TPSA) is 46.3 Å². The van der Waals surface area contributed by atoms with Gasteiger partial charge in [-0.15, -0.1) is 0 Å². The van der Waals surface area contributed by atoms with E-state index < -0.39 is 23.2 Å². The summed E-state index contributed by atoms with van der Waals surface area (Å²) in [5, 5.41) is 0. The number of nitrogens with two attached hydrogens (primary N) is 1. The molecule has 2 rings (SSSR count). The maximum Gasteiger partial charge on any atom is 0.417 e. The Hall–Kier alpha value is -1.56. The number of alkyl halides is 3. The summed E-state index contributed by atoms with van der Waals surface area (Å²) in [6, 6.07) is 4.85. The fraction of sp³-hybridized carbons (Fsp3) is 0.500. The van der Waals surface area contributed by atoms with Crippen LogP contribution in [0.1, 0.15) is 35.7 Å². The van der Waals surface area contributed by atoms with Crippen LogP contribution < -0.4 is 5.73 Å². The summed E-state index contributed by atoms with van der Waals surface area (Å²) in [6.45, 7) is 2.61. The predicted molar refractivity (Wildman–Crippen MR) is 69.2 cm³/mol. The van der Waals surface area contributed by atoms with Gasteiger partial charge < -0.3 is 10.6 Å². The number of nitrogens with zero attached hydrogens (tertiary/aromatic N) is 1. The van der Waals surface area contributed by atoms with Gasteiger partial charge in [0.05, 0.1) is 16.7 Å². The van der Waals surface area contributed by atoms with Gasteiger partial charge in [-0.25, -0.2) is 0 Å². The molecule has 0 spiro atoms. The van der Waals surface area contributed by atoms with E-state index in [2.05, 4.69) is 0 Å². The molecule has 1 aromatic rings. The summed E-state index contributed by atoms with van der Waals surface area (Å²) >= 11 is 0. The molecule has 1 amide bonds. The predicted octanol–water partition coefficient (Wildman–Crippen LogP) is 2.66. The van der Waals surface area contributed by atoms with Gasteiger partial charge in [-0.1, -0.05) is 25.5 Å². The van der Waals surface area contributed by atoms with Gasteiger partial charge in [0.1, 0.15) is 0 Å². The average Bonchev–Trinajstić information content (AvgIpc) is 2.34. The van der Waals surface area contributed by atoms with Gasteiger partial charge in [-0.05, 0) is 18.6 Å². The second-order valence-corrected chi connectivity index (χ2v) is 5.32. The second kappa shape index (κ2) is 5.09. The van der Waals surface area contributed by atoms with E-state index in [0.29, 0.717) is 13.1 Å². The minimum atomic E-state index is -4.53. The number of amides is 1. The first-order chi connectivity index (χ1) is 9.27. The highest BCUT2D eigenvalue weighted by molar-refractivity contribution is 5.96. The van der Waals surface area contributed by atoms with Crippen LogP contribution in [-0.4, -0.2) is 29.4 Å². The number of likely N-dealkylation sites (tertiary alicyclic amines) is 1. The van der Waals surface area contributed by atoms with Crippen molar-refractivity contribution in [1.29, 1.82) is 0 Å². The van der Waals surface area contributed by atoms with Gasteiger partial charge in [-0.2, -0.15) is 13.2 Å². The van der Waals surface area contributed by atoms with Crippen LogP contribution >= 0.6 is 0 Å². The van der Waals surface area contributed by atoms with Crippen LogP contribution in [0.5, 0.6) is 0 Å². The molecule has 0 saturated carbocycles. The lowest BCUT2D eigenvalue weighted by Crippen LogP contribution is -2.68. The first-order valence-corrected chi connectivity index (χ1v) is 6.51. The maximum atomic E-state index is 12.9. The largest absolute Gasteiger partial charge is 0.417 e. The van der Waals surface area contributed by atoms with E-state index in [1.807, 2.05) is 6.92 Å². The Labute approximate surface area is 115 Å². The smallest absolute Gasteiger partial charge is 0.335 e. The van der Waals surface area contributed by atoms with Crippen molar-refractivity contribution in [2.24, 2.45) is 5.73 Å². The molecule has 1 saturated heterocycles. The van der Waals surface area contributed by atoms with Crippen LogP contribution in [0, 0.1) is 0 Å². The van der Waals surface area contributed by atoms with Gasteiger partial charge in [-0.3, -0.25) is 4.79 Å². The fourth-order valence-electron chi connectivity index (χ4n) is 2.60. The number of hydrogen-bond donors (Lipinski definition) is 1. The van der Waals surface area contributed by atoms with Crippen molar-refractivity contribution in [3.05, 3.63) is 35.4 Å². The molecule has 1 aliphatic rings. The molecule has 110 valence electrons. The van der Waals surface area contributed by atoms with Crippen molar-refractivity contribution in [3.8, 4) is 0 Å². The molecule has 0 atom stereocenters. The molecule has 1 heterocycles. The van der Waals surface area contributed by atoms with Crippen LogP contribution in [0.3, 0.4) is 0 Å². The van der Waals surface area contributed by atoms with Crippen LogP contribution in [-0.2, 0) is 6.18 Å². The van der Waals surface area contributed by atoms with Crippen LogP contribution in [0.4, 0.5) is 13.2 Å². The van der Waals surface area contributed by atoms with Crippen molar-refractivity contribution < 1.29 is 18.0 Å². The Bertz CT molecular complexity index is 507. The monoisotopic (exact) mass is 286 g/mol. The van der Waals surface area contributed by atoms with E-state index in [0.717, 1.165) is 18.9 Å². The van der Waals surface area contributed by atoms with E-state index in [1.165, 1.54) is 23.1 Å². The van der Waals surface area contributed by atoms with Crippen molar-refractivity contribution >= 4 is 5.91 Å². The lowest BCUT2D eigenvalue weighted by molar-refractivity contribution is -0.138. The molecule has 0 unspecified atom stereocenters. The van der Waals surface area contributed by atoms with Crippen LogP contribution in [0.2, 0.25) is 0 Å². The minimum Gasteiger partial charge on any atom is -0.335 e. The van der Waals surface area contributed by atoms with Crippen molar-refractivity contribution in [1.82, 2.24) is 4.90 Å². The molecule has 1 fully saturated rings. The highest BCUT2D eigenvalue weighted by Crippen LogP contribution is 2.34. The summed E-state index contributed by atoms with van der Waals surface area (Å²) < 4.78 is 38.6. The van der Waals surface area contributed by atoms with E-state index in [-0.39, 0.29) is 5.56 Å². The fourth-order valence-corrected chi connectivity index (χ4v) is 2.60. The lowest BCUT2D eigenvalue weighted by Gasteiger charge is -2.48. The summed E-state index contributed by atoms with van der Waals surface area (Å²) in [6.07, 6.45) is -2.88. The molecule has 0 radical (unpaired) electrons. The zero-order chi connectivity index (χ0) is 15.0. The highest BCUT2D eigenvalue weighted by Gasteiger charge is 2.43. The molecule has 0 bridgehead atoms. The van der Waals surface area contributed by atoms with Gasteiger partial charge in [0.2, 0.25) is 0 Å². The standard InChI is InChI=1S/C14H17F3N2O/c1-2-7-13(18)8-19(9-13)12(20)10-5-3-4-6-11(10)14(15,16)17/h3-6H,2,7-9,18H2,1H3. The molecule has 20 heavy (non-hydrogen) atoms. The Balaban J connectivity index is 2.16. The molecule has 1 aromatic carbocycles. The summed E-state index contributed by atoms with van der Waals surface area (Å²) in [7, 11) is 0. The molecule has 3 nitrogen and oxygen atoms in total. The van der Waals surface area contributed by atoms with Gasteiger partial charge in [0.25, 0.3) is 5.91 Å². The third-order valence-corrected chi connectivity index (χ3v) is 3.51. The third kappa shape index (κ3) is 2.80. The molecule has 0 aromatic heterocycles. The van der Waals surface area contributed by atoms with Gasteiger partial charge in [0.15, 0.2) is 0 Å². The number of hydrogen-bond acceptors (Lipinski definition) is 2. The normalized spacial score (nSPS) is 17.8. The molecule has 0 aliphatic carbocycles. The first-order valence-electron chi connectivity index (χ1n) is 6.51. The van der Waals surface area contributed by atoms with Crippen LogP contribution in [0.15, 0.2) is 24.3 Å². The quantitative estimate of drug-likeness (QED) is 0.928. The molecule has 2 N–H and O–H groups in total. The molecule has 1 aliphatic heterocycles. The van der Waals surface area contributed by atoms with E-state index in [4.69, 9.17) is 5.73 Å². The summed E-state index contributed by atoms with van der Waals surface area (Å²) in [5.74, 6) is -0.602. The maximum absolute atomic E-state index is 12.9. The summed E-state index contributed by atoms with van der Waals surface area (Å²) in [5.41, 5.74) is 4.38. The first kappa shape index (κ1) is 14.8. The number of carbonyl (C=O) groups is 1. The van der Waals surface area contributed by atoms with Gasteiger partial charge in [0, 0.05) is 13.1 Å². The number of benzene rings is 1. The zero-order valence-corrected chi connectivity index (χ0v) is 11.2. The Morgan fingerprint density at radius 2 is 1.95 bits per heavy atom. The summed E-state index contributed by atoms with van der Waals surface area (Å²) in [4.78, 5) is 13.5. The Morgan fingerprint density at radius 1 is 1.35 bits per heavy atom. The molecular weight excluding hydrogens is 269 g/mol. The van der Waals surface area contributed by atoms with Crippen molar-refractivity contribution in [2.75, 3.05) is 13.1 Å². The Kier molecular flexibility index (Phi) is 3.77. The zero-order valence-electron chi connectivity index (χ0n) is 11.2. The van der Waals surface area contributed by atoms with E-state index >= 15 is 0 Å². The second-order valence-electron chi connectivity index (χ2n) is 5.32. The Morgan fingerprint density at radius 3 is 2.50 bits per heavy atom. The van der Waals surface area contributed by atoms with Crippen molar-refractivity contribution in [2.45, 2.75) is 31.5 Å².